The maximum absolute atomic E-state index is 12.4. The van der Waals surface area contributed by atoms with Gasteiger partial charge in [-0.3, -0.25) is 9.79 Å². The molecule has 8 nitrogen and oxygen atoms in total. The number of nitrogens with one attached hydrogen (secondary N) is 1. The number of hydrogen-bond acceptors (Lipinski definition) is 5. The SMILES string of the molecule is Cc1cc(C)cc(NC(N)=NCCC(=O)N2CCN(c3ncccn3)CC2)c1.I. The van der Waals surface area contributed by atoms with Crippen LogP contribution in [0, 0.1) is 13.8 Å². The molecule has 1 saturated heterocycles. The standard InChI is InChI=1S/C20H27N7O.HI/c1-15-12-16(2)14-17(13-15)25-19(21)22-7-4-18(28)26-8-10-27(11-9-26)20-23-5-3-6-24-20;/h3,5-6,12-14H,4,7-11H2,1-2H3,(H3,21,22,25);1H. The molecule has 2 aromatic rings. The number of guanidine groups is 1. The Morgan fingerprint density at radius 2 is 1.72 bits per heavy atom. The molecule has 0 radical (unpaired) electrons. The van der Waals surface area contributed by atoms with Crippen LogP contribution in [0.5, 0.6) is 0 Å². The first-order valence-electron chi connectivity index (χ1n) is 9.46. The lowest BCUT2D eigenvalue weighted by Crippen LogP contribution is -2.49. The number of halogens is 1. The van der Waals surface area contributed by atoms with E-state index in [2.05, 4.69) is 31.2 Å². The number of carbonyl (C=O) groups excluding carboxylic acids is 1. The fourth-order valence-electron chi connectivity index (χ4n) is 3.27. The molecule has 156 valence electrons. The van der Waals surface area contributed by atoms with E-state index in [1.54, 1.807) is 18.5 Å². The van der Waals surface area contributed by atoms with E-state index in [4.69, 9.17) is 5.73 Å². The van der Waals surface area contributed by atoms with Gasteiger partial charge in [-0.05, 0) is 43.2 Å². The number of benzene rings is 1. The van der Waals surface area contributed by atoms with Gasteiger partial charge in [0.1, 0.15) is 0 Å². The second-order valence-electron chi connectivity index (χ2n) is 6.93. The first kappa shape index (κ1) is 22.9. The van der Waals surface area contributed by atoms with Gasteiger partial charge < -0.3 is 20.9 Å². The summed E-state index contributed by atoms with van der Waals surface area (Å²) < 4.78 is 0. The molecule has 1 amide bonds. The molecule has 1 aliphatic heterocycles. The number of anilines is 2. The number of nitrogens with zero attached hydrogens (tertiary/aromatic N) is 5. The van der Waals surface area contributed by atoms with Crippen molar-refractivity contribution in [2.75, 3.05) is 42.9 Å². The summed E-state index contributed by atoms with van der Waals surface area (Å²) in [6.07, 6.45) is 3.81. The van der Waals surface area contributed by atoms with Crippen molar-refractivity contribution in [3.8, 4) is 0 Å². The molecule has 0 spiro atoms. The van der Waals surface area contributed by atoms with E-state index in [0.717, 1.165) is 29.9 Å². The number of amides is 1. The fourth-order valence-corrected chi connectivity index (χ4v) is 3.27. The average molecular weight is 509 g/mol. The second-order valence-corrected chi connectivity index (χ2v) is 6.93. The number of carbonyl (C=O) groups is 1. The quantitative estimate of drug-likeness (QED) is 0.364. The lowest BCUT2D eigenvalue weighted by molar-refractivity contribution is -0.131. The molecule has 29 heavy (non-hydrogen) atoms. The zero-order valence-electron chi connectivity index (χ0n) is 16.8. The molecular weight excluding hydrogens is 481 g/mol. The van der Waals surface area contributed by atoms with Gasteiger partial charge in [-0.1, -0.05) is 6.07 Å². The second kappa shape index (κ2) is 10.9. The zero-order chi connectivity index (χ0) is 19.9. The van der Waals surface area contributed by atoms with E-state index in [0.29, 0.717) is 38.0 Å². The van der Waals surface area contributed by atoms with Gasteiger partial charge in [-0.15, -0.1) is 24.0 Å². The average Bonchev–Trinajstić information content (AvgIpc) is 2.68. The van der Waals surface area contributed by atoms with Crippen molar-refractivity contribution in [1.82, 2.24) is 14.9 Å². The van der Waals surface area contributed by atoms with E-state index in [-0.39, 0.29) is 29.9 Å². The van der Waals surface area contributed by atoms with Crippen molar-refractivity contribution in [1.29, 1.82) is 0 Å². The molecule has 1 aliphatic rings. The van der Waals surface area contributed by atoms with Crippen LogP contribution >= 0.6 is 24.0 Å². The van der Waals surface area contributed by atoms with Gasteiger partial charge in [-0.2, -0.15) is 0 Å². The Morgan fingerprint density at radius 1 is 1.10 bits per heavy atom. The van der Waals surface area contributed by atoms with Crippen LogP contribution < -0.4 is 16.0 Å². The highest BCUT2D eigenvalue weighted by molar-refractivity contribution is 14.0. The van der Waals surface area contributed by atoms with Crippen LogP contribution in [0.3, 0.4) is 0 Å². The third-order valence-corrected chi connectivity index (χ3v) is 4.57. The predicted octanol–water partition coefficient (Wildman–Crippen LogP) is 2.18. The predicted molar refractivity (Wildman–Crippen MR) is 127 cm³/mol. The molecular formula is C20H28IN7O. The van der Waals surface area contributed by atoms with Gasteiger partial charge in [0, 0.05) is 50.7 Å². The van der Waals surface area contributed by atoms with Gasteiger partial charge in [-0.25, -0.2) is 9.97 Å². The van der Waals surface area contributed by atoms with Crippen LogP contribution in [-0.4, -0.2) is 59.5 Å². The molecule has 3 rings (SSSR count). The lowest BCUT2D eigenvalue weighted by atomic mass is 10.1. The van der Waals surface area contributed by atoms with Crippen LogP contribution in [0.25, 0.3) is 0 Å². The zero-order valence-corrected chi connectivity index (χ0v) is 19.2. The summed E-state index contributed by atoms with van der Waals surface area (Å²) >= 11 is 0. The van der Waals surface area contributed by atoms with Gasteiger partial charge >= 0.3 is 0 Å². The summed E-state index contributed by atoms with van der Waals surface area (Å²) in [5, 5.41) is 3.08. The first-order chi connectivity index (χ1) is 13.5. The number of rotatable bonds is 5. The van der Waals surface area contributed by atoms with Crippen LogP contribution in [0.4, 0.5) is 11.6 Å². The monoisotopic (exact) mass is 509 g/mol. The van der Waals surface area contributed by atoms with Crippen molar-refractivity contribution in [3.05, 3.63) is 47.8 Å². The third-order valence-electron chi connectivity index (χ3n) is 4.57. The number of aromatic nitrogens is 2. The minimum absolute atomic E-state index is 0. The summed E-state index contributed by atoms with van der Waals surface area (Å²) in [5.41, 5.74) is 9.17. The van der Waals surface area contributed by atoms with Gasteiger partial charge in [0.15, 0.2) is 5.96 Å². The third kappa shape index (κ3) is 6.84. The first-order valence-corrected chi connectivity index (χ1v) is 9.46. The van der Waals surface area contributed by atoms with Gasteiger partial charge in [0.05, 0.1) is 6.54 Å². The van der Waals surface area contributed by atoms with Gasteiger partial charge in [0.25, 0.3) is 0 Å². The molecule has 0 saturated carbocycles. The Morgan fingerprint density at radius 3 is 2.34 bits per heavy atom. The molecule has 1 aromatic carbocycles. The number of hydrogen-bond donors (Lipinski definition) is 2. The van der Waals surface area contributed by atoms with E-state index >= 15 is 0 Å². The number of aliphatic imine (C=N–C) groups is 1. The molecule has 0 atom stereocenters. The minimum Gasteiger partial charge on any atom is -0.370 e. The van der Waals surface area contributed by atoms with Crippen molar-refractivity contribution in [3.63, 3.8) is 0 Å². The Hall–Kier alpha value is -2.43. The van der Waals surface area contributed by atoms with Crippen LogP contribution in [0.2, 0.25) is 0 Å². The van der Waals surface area contributed by atoms with Crippen LogP contribution in [0.1, 0.15) is 17.5 Å². The largest absolute Gasteiger partial charge is 0.370 e. The Labute approximate surface area is 188 Å². The van der Waals surface area contributed by atoms with Gasteiger partial charge in [0.2, 0.25) is 11.9 Å². The van der Waals surface area contributed by atoms with Crippen molar-refractivity contribution in [2.45, 2.75) is 20.3 Å². The maximum Gasteiger partial charge on any atom is 0.225 e. The Kier molecular flexibility index (Phi) is 8.62. The van der Waals surface area contributed by atoms with E-state index in [1.807, 2.05) is 30.9 Å². The highest BCUT2D eigenvalue weighted by atomic mass is 127. The van der Waals surface area contributed by atoms with E-state index < -0.39 is 0 Å². The van der Waals surface area contributed by atoms with E-state index in [9.17, 15) is 4.79 Å². The molecule has 1 aromatic heterocycles. The minimum atomic E-state index is 0. The molecule has 3 N–H and O–H groups in total. The summed E-state index contributed by atoms with van der Waals surface area (Å²) in [6, 6.07) is 7.91. The normalized spacial score (nSPS) is 14.3. The summed E-state index contributed by atoms with van der Waals surface area (Å²) in [7, 11) is 0. The fraction of sp³-hybridized carbons (Fsp3) is 0.400. The lowest BCUT2D eigenvalue weighted by Gasteiger charge is -2.34. The van der Waals surface area contributed by atoms with E-state index in [1.165, 1.54) is 0 Å². The molecule has 9 heteroatoms. The number of nitrogens with two attached hydrogens (primary N) is 1. The van der Waals surface area contributed by atoms with Crippen LogP contribution in [0.15, 0.2) is 41.7 Å². The molecule has 0 unspecified atom stereocenters. The highest BCUT2D eigenvalue weighted by Gasteiger charge is 2.21. The van der Waals surface area contributed by atoms with Crippen molar-refractivity contribution in [2.24, 2.45) is 10.7 Å². The highest BCUT2D eigenvalue weighted by Crippen LogP contribution is 2.13. The van der Waals surface area contributed by atoms with Crippen molar-refractivity contribution < 1.29 is 4.79 Å². The molecule has 1 fully saturated rings. The molecule has 2 heterocycles. The number of aryl methyl sites for hydroxylation is 2. The summed E-state index contributed by atoms with van der Waals surface area (Å²) in [6.45, 7) is 7.23. The molecule has 0 aliphatic carbocycles. The van der Waals surface area contributed by atoms with Crippen LogP contribution in [-0.2, 0) is 4.79 Å². The maximum atomic E-state index is 12.4. The smallest absolute Gasteiger partial charge is 0.225 e. The Balaban J connectivity index is 0.00000300. The summed E-state index contributed by atoms with van der Waals surface area (Å²) in [4.78, 5) is 29.2. The molecule has 0 bridgehead atoms. The Bertz CT molecular complexity index is 816. The topological polar surface area (TPSA) is 99.7 Å². The summed E-state index contributed by atoms with van der Waals surface area (Å²) in [5.74, 6) is 1.13. The number of piperazine rings is 1. The van der Waals surface area contributed by atoms with Crippen molar-refractivity contribution >= 4 is 47.5 Å².